The lowest BCUT2D eigenvalue weighted by molar-refractivity contribution is 0.614. The van der Waals surface area contributed by atoms with Crippen LogP contribution in [0.5, 0.6) is 0 Å². The van der Waals surface area contributed by atoms with Gasteiger partial charge in [-0.1, -0.05) is 30.3 Å². The Morgan fingerprint density at radius 1 is 1.00 bits per heavy atom. The number of hydrogen-bond donors (Lipinski definition) is 1. The summed E-state index contributed by atoms with van der Waals surface area (Å²) in [7, 11) is -2.36. The molecule has 0 saturated heterocycles. The van der Waals surface area contributed by atoms with Crippen LogP contribution in [0.3, 0.4) is 0 Å². The van der Waals surface area contributed by atoms with E-state index >= 15 is 0 Å². The maximum atomic E-state index is 10.5. The van der Waals surface area contributed by atoms with Crippen LogP contribution in [-0.4, -0.2) is 13.4 Å². The van der Waals surface area contributed by atoms with E-state index in [0.29, 0.717) is 0 Å². The highest BCUT2D eigenvalue weighted by Gasteiger charge is 1.99. The van der Waals surface area contributed by atoms with Crippen LogP contribution in [0.25, 0.3) is 11.3 Å². The van der Waals surface area contributed by atoms with Crippen LogP contribution in [-0.2, 0) is 16.5 Å². The van der Waals surface area contributed by atoms with Gasteiger partial charge in [0.25, 0.3) is 0 Å². The van der Waals surface area contributed by atoms with E-state index in [2.05, 4.69) is 4.98 Å². The maximum Gasteiger partial charge on any atom is 0.144 e. The van der Waals surface area contributed by atoms with Crippen LogP contribution in [0.4, 0.5) is 0 Å². The second kappa shape index (κ2) is 4.90. The summed E-state index contributed by atoms with van der Waals surface area (Å²) < 4.78 is 21.1. The van der Waals surface area contributed by atoms with Crippen molar-refractivity contribution in [1.29, 1.82) is 0 Å². The Kier molecular flexibility index (Phi) is 3.31. The highest BCUT2D eigenvalue weighted by molar-refractivity contribution is 7.71. The number of pyridine rings is 1. The Labute approximate surface area is 95.7 Å². The Morgan fingerprint density at radius 2 is 1.75 bits per heavy atom. The number of rotatable bonds is 3. The van der Waals surface area contributed by atoms with Crippen LogP contribution in [0.1, 0.15) is 5.56 Å². The lowest BCUT2D eigenvalue weighted by Gasteiger charge is -2.01. The van der Waals surface area contributed by atoms with Crippen LogP contribution in [0.2, 0.25) is 0 Å². The Hall–Kier alpha value is -1.68. The summed E-state index contributed by atoms with van der Waals surface area (Å²) in [4.78, 5) is 4.22. The van der Waals surface area contributed by atoms with E-state index in [1.54, 1.807) is 6.20 Å². The van der Waals surface area contributed by atoms with E-state index in [1.165, 1.54) is 0 Å². The molecule has 4 heteroatoms. The summed E-state index contributed by atoms with van der Waals surface area (Å²) in [5.74, 6) is 0.0951. The largest absolute Gasteiger partial charge is 0.256 e. The van der Waals surface area contributed by atoms with Gasteiger partial charge in [-0.05, 0) is 17.7 Å². The van der Waals surface area contributed by atoms with E-state index < -0.39 is 10.7 Å². The zero-order chi connectivity index (χ0) is 11.4. The van der Waals surface area contributed by atoms with Gasteiger partial charge in [0.15, 0.2) is 0 Å². The smallest absolute Gasteiger partial charge is 0.144 e. The molecule has 2 aromatic rings. The molecule has 0 aliphatic heterocycles. The predicted octanol–water partition coefficient (Wildman–Crippen LogP) is 1.86. The van der Waals surface area contributed by atoms with Crippen molar-refractivity contribution in [2.24, 2.45) is 0 Å². The third kappa shape index (κ3) is 2.67. The quantitative estimate of drug-likeness (QED) is 0.823. The van der Waals surface area contributed by atoms with Crippen molar-refractivity contribution in [2.45, 2.75) is 5.75 Å². The lowest BCUT2D eigenvalue weighted by atomic mass is 10.1. The summed E-state index contributed by atoms with van der Waals surface area (Å²) in [6.45, 7) is 0. The zero-order valence-electron chi connectivity index (χ0n) is 8.54. The molecule has 0 aliphatic rings. The number of hydrogen-bond acceptors (Lipinski definition) is 3. The minimum atomic E-state index is -2.36. The molecule has 0 aliphatic carbocycles. The predicted molar refractivity (Wildman–Crippen MR) is 63.7 cm³/mol. The molecular weight excluding hydrogens is 222 g/mol. The fourth-order valence-corrected chi connectivity index (χ4v) is 1.97. The van der Waals surface area contributed by atoms with Crippen LogP contribution in [0, 0.1) is 0 Å². The number of thiol groups is 1. The Balaban J connectivity index is 2.26. The molecule has 2 rings (SSSR count). The highest BCUT2D eigenvalue weighted by atomic mass is 32.2. The van der Waals surface area contributed by atoms with Crippen molar-refractivity contribution in [1.82, 2.24) is 4.98 Å². The van der Waals surface area contributed by atoms with Gasteiger partial charge in [0.05, 0.1) is 11.4 Å². The van der Waals surface area contributed by atoms with Gasteiger partial charge in [-0.3, -0.25) is 4.98 Å². The van der Waals surface area contributed by atoms with Crippen molar-refractivity contribution in [2.75, 3.05) is 0 Å². The van der Waals surface area contributed by atoms with E-state index in [9.17, 15) is 8.42 Å². The van der Waals surface area contributed by atoms with Crippen molar-refractivity contribution >= 4 is 10.7 Å². The molecule has 16 heavy (non-hydrogen) atoms. The molecule has 0 radical (unpaired) electrons. The molecule has 0 fully saturated rings. The topological polar surface area (TPSA) is 47.0 Å². The molecule has 82 valence electrons. The van der Waals surface area contributed by atoms with Crippen LogP contribution in [0.15, 0.2) is 48.7 Å². The van der Waals surface area contributed by atoms with Gasteiger partial charge in [-0.15, -0.1) is 0 Å². The summed E-state index contributed by atoms with van der Waals surface area (Å²) in [6.07, 6.45) is 1.73. The molecule has 1 heterocycles. The minimum Gasteiger partial charge on any atom is -0.256 e. The van der Waals surface area contributed by atoms with Crippen molar-refractivity contribution in [3.05, 3.63) is 54.2 Å². The van der Waals surface area contributed by atoms with E-state index in [-0.39, 0.29) is 5.75 Å². The van der Waals surface area contributed by atoms with Gasteiger partial charge in [-0.2, -0.15) is 0 Å². The second-order valence-electron chi connectivity index (χ2n) is 3.40. The molecule has 0 atom stereocenters. The van der Waals surface area contributed by atoms with Gasteiger partial charge >= 0.3 is 0 Å². The summed E-state index contributed by atoms with van der Waals surface area (Å²) in [5.41, 5.74) is 2.68. The molecule has 3 nitrogen and oxygen atoms in total. The first kappa shape index (κ1) is 10.8. The molecule has 0 unspecified atom stereocenters. The van der Waals surface area contributed by atoms with Gasteiger partial charge in [0, 0.05) is 11.8 Å². The zero-order valence-corrected chi connectivity index (χ0v) is 9.43. The SMILES string of the molecule is O=[SH](=O)Cc1ccc(-c2ccccn2)cc1. The fraction of sp³-hybridized carbons (Fsp3) is 0.0833. The first-order chi connectivity index (χ1) is 7.75. The maximum absolute atomic E-state index is 10.5. The average Bonchev–Trinajstić information content (AvgIpc) is 2.30. The summed E-state index contributed by atoms with van der Waals surface area (Å²) >= 11 is 0. The monoisotopic (exact) mass is 233 g/mol. The van der Waals surface area contributed by atoms with Crippen LogP contribution >= 0.6 is 0 Å². The Bertz CT molecular complexity index is 525. The van der Waals surface area contributed by atoms with Crippen LogP contribution < -0.4 is 0 Å². The molecule has 1 aromatic carbocycles. The van der Waals surface area contributed by atoms with Crippen molar-refractivity contribution in [3.8, 4) is 11.3 Å². The minimum absolute atomic E-state index is 0.0951. The second-order valence-corrected chi connectivity index (χ2v) is 4.38. The van der Waals surface area contributed by atoms with Gasteiger partial charge in [0.1, 0.15) is 10.7 Å². The first-order valence-corrected chi connectivity index (χ1v) is 6.24. The molecular formula is C12H11NO2S. The van der Waals surface area contributed by atoms with Crippen molar-refractivity contribution in [3.63, 3.8) is 0 Å². The normalized spacial score (nSPS) is 10.6. The number of nitrogens with zero attached hydrogens (tertiary/aromatic N) is 1. The highest BCUT2D eigenvalue weighted by Crippen LogP contribution is 2.16. The van der Waals surface area contributed by atoms with E-state index in [1.807, 2.05) is 42.5 Å². The third-order valence-corrected chi connectivity index (χ3v) is 2.85. The number of aromatic nitrogens is 1. The third-order valence-electron chi connectivity index (χ3n) is 2.23. The van der Waals surface area contributed by atoms with Gasteiger partial charge in [0.2, 0.25) is 0 Å². The Morgan fingerprint density at radius 3 is 2.31 bits per heavy atom. The van der Waals surface area contributed by atoms with Gasteiger partial charge < -0.3 is 0 Å². The number of benzene rings is 1. The summed E-state index contributed by atoms with van der Waals surface area (Å²) in [5, 5.41) is 0. The summed E-state index contributed by atoms with van der Waals surface area (Å²) in [6, 6.07) is 13.1. The standard InChI is InChI=1S/C12H11NO2S/c14-16(15)9-10-4-6-11(7-5-10)12-3-1-2-8-13-12/h1-8,16H,9H2. The molecule has 1 aromatic heterocycles. The lowest BCUT2D eigenvalue weighted by Crippen LogP contribution is -1.87. The van der Waals surface area contributed by atoms with E-state index in [4.69, 9.17) is 0 Å². The van der Waals surface area contributed by atoms with E-state index in [0.717, 1.165) is 16.8 Å². The molecule has 0 N–H and O–H groups in total. The first-order valence-electron chi connectivity index (χ1n) is 4.88. The molecule has 0 bridgehead atoms. The molecule has 0 spiro atoms. The molecule has 0 amide bonds. The van der Waals surface area contributed by atoms with Crippen molar-refractivity contribution < 1.29 is 8.42 Å². The fourth-order valence-electron chi connectivity index (χ4n) is 1.46. The van der Waals surface area contributed by atoms with Gasteiger partial charge in [-0.25, -0.2) is 8.42 Å². The molecule has 0 saturated carbocycles. The average molecular weight is 233 g/mol.